The Morgan fingerprint density at radius 3 is 2.17 bits per heavy atom. The minimum absolute atomic E-state index is 0.00675. The van der Waals surface area contributed by atoms with E-state index < -0.39 is 34.3 Å². The summed E-state index contributed by atoms with van der Waals surface area (Å²) >= 11 is 0. The number of carboxylic acids is 2. The highest BCUT2D eigenvalue weighted by atomic mass is 16.4. The van der Waals surface area contributed by atoms with Gasteiger partial charge >= 0.3 is 11.9 Å². The fourth-order valence-electron chi connectivity index (χ4n) is 10.7. The first kappa shape index (κ1) is 26.2. The van der Waals surface area contributed by atoms with Crippen LogP contribution in [-0.4, -0.2) is 45.1 Å². The Labute approximate surface area is 215 Å². The van der Waals surface area contributed by atoms with E-state index in [9.17, 15) is 30.0 Å². The highest BCUT2D eigenvalue weighted by molar-refractivity contribution is 5.79. The number of hydrogen-bond acceptors (Lipinski definition) is 4. The molecule has 0 spiro atoms. The van der Waals surface area contributed by atoms with Crippen LogP contribution in [0.15, 0.2) is 11.6 Å². The molecule has 0 heterocycles. The number of hydrogen-bond donors (Lipinski definition) is 4. The van der Waals surface area contributed by atoms with Gasteiger partial charge in [-0.3, -0.25) is 9.59 Å². The molecule has 5 aliphatic carbocycles. The zero-order valence-electron chi connectivity index (χ0n) is 22.8. The van der Waals surface area contributed by atoms with E-state index in [0.717, 1.165) is 32.1 Å². The molecule has 6 nitrogen and oxygen atoms in total. The van der Waals surface area contributed by atoms with Crippen molar-refractivity contribution in [3.05, 3.63) is 11.6 Å². The van der Waals surface area contributed by atoms with Gasteiger partial charge in [-0.1, -0.05) is 39.3 Å². The molecule has 0 aromatic rings. The first-order chi connectivity index (χ1) is 16.6. The predicted molar refractivity (Wildman–Crippen MR) is 136 cm³/mol. The Kier molecular flexibility index (Phi) is 5.69. The second-order valence-electron chi connectivity index (χ2n) is 14.6. The van der Waals surface area contributed by atoms with Crippen LogP contribution in [0, 0.1) is 50.2 Å². The molecule has 0 aliphatic heterocycles. The Morgan fingerprint density at radius 2 is 1.56 bits per heavy atom. The molecule has 0 saturated heterocycles. The highest BCUT2D eigenvalue weighted by Gasteiger charge is 2.70. The van der Waals surface area contributed by atoms with Gasteiger partial charge in [-0.25, -0.2) is 0 Å². The monoisotopic (exact) mass is 502 g/mol. The first-order valence-electron chi connectivity index (χ1n) is 14.1. The number of fused-ring (bicyclic) bond motifs is 7. The normalized spacial score (nSPS) is 54.2. The number of allylic oxidation sites excluding steroid dienone is 2. The van der Waals surface area contributed by atoms with Gasteiger partial charge in [0.1, 0.15) is 0 Å². The second-order valence-corrected chi connectivity index (χ2v) is 14.6. The molecule has 4 N–H and O–H groups in total. The quantitative estimate of drug-likeness (QED) is 0.391. The third kappa shape index (κ3) is 2.98. The molecule has 4 saturated carbocycles. The first-order valence-corrected chi connectivity index (χ1v) is 14.1. The summed E-state index contributed by atoms with van der Waals surface area (Å²) in [6.07, 6.45) is 8.93. The van der Waals surface area contributed by atoms with Gasteiger partial charge < -0.3 is 20.4 Å². The van der Waals surface area contributed by atoms with E-state index in [1.54, 1.807) is 6.92 Å². The summed E-state index contributed by atoms with van der Waals surface area (Å²) in [7, 11) is 0. The van der Waals surface area contributed by atoms with Crippen molar-refractivity contribution in [2.24, 2.45) is 50.2 Å². The number of aliphatic hydroxyl groups excluding tert-OH is 2. The fourth-order valence-corrected chi connectivity index (χ4v) is 10.7. The number of aliphatic carboxylic acids is 2. The van der Waals surface area contributed by atoms with E-state index in [4.69, 9.17) is 0 Å². The van der Waals surface area contributed by atoms with E-state index in [1.807, 2.05) is 0 Å². The van der Waals surface area contributed by atoms with Gasteiger partial charge in [0.15, 0.2) is 0 Å². The second kappa shape index (κ2) is 7.81. The highest BCUT2D eigenvalue weighted by Crippen LogP contribution is 2.75. The summed E-state index contributed by atoms with van der Waals surface area (Å²) in [6.45, 7) is 11.0. The van der Waals surface area contributed by atoms with E-state index in [2.05, 4.69) is 33.8 Å². The molecular formula is C30H46O6. The van der Waals surface area contributed by atoms with E-state index in [-0.39, 0.29) is 34.7 Å². The lowest BCUT2D eigenvalue weighted by Crippen LogP contribution is -2.66. The lowest BCUT2D eigenvalue weighted by atomic mass is 9.33. The van der Waals surface area contributed by atoms with Crippen molar-refractivity contribution >= 4 is 11.9 Å². The number of carbonyl (C=O) groups is 2. The van der Waals surface area contributed by atoms with E-state index in [0.29, 0.717) is 38.0 Å². The largest absolute Gasteiger partial charge is 0.481 e. The zero-order chi connectivity index (χ0) is 26.5. The maximum absolute atomic E-state index is 12.8. The Hall–Kier alpha value is -1.40. The molecular weight excluding hydrogens is 456 g/mol. The number of aliphatic hydroxyl groups is 2. The van der Waals surface area contributed by atoms with Crippen LogP contribution in [0.1, 0.15) is 98.8 Å². The van der Waals surface area contributed by atoms with Crippen molar-refractivity contribution in [1.29, 1.82) is 0 Å². The van der Waals surface area contributed by atoms with E-state index >= 15 is 0 Å². The van der Waals surface area contributed by atoms with Crippen molar-refractivity contribution in [2.45, 2.75) is 105 Å². The van der Waals surface area contributed by atoms with Crippen molar-refractivity contribution < 1.29 is 30.0 Å². The van der Waals surface area contributed by atoms with E-state index in [1.165, 1.54) is 5.57 Å². The molecule has 6 heteroatoms. The molecule has 36 heavy (non-hydrogen) atoms. The van der Waals surface area contributed by atoms with Gasteiger partial charge in [0.05, 0.1) is 23.5 Å². The summed E-state index contributed by atoms with van der Waals surface area (Å²) in [5, 5.41) is 41.9. The van der Waals surface area contributed by atoms with Gasteiger partial charge in [0.2, 0.25) is 0 Å². The molecule has 5 rings (SSSR count). The van der Waals surface area contributed by atoms with Crippen molar-refractivity contribution in [2.75, 3.05) is 6.61 Å². The average Bonchev–Trinajstić information content (AvgIpc) is 2.82. The molecule has 0 amide bonds. The summed E-state index contributed by atoms with van der Waals surface area (Å²) in [4.78, 5) is 25.0. The fraction of sp³-hybridized carbons (Fsp3) is 0.867. The molecule has 0 bridgehead atoms. The maximum atomic E-state index is 12.8. The molecule has 0 aromatic heterocycles. The zero-order valence-corrected chi connectivity index (χ0v) is 22.8. The lowest BCUT2D eigenvalue weighted by molar-refractivity contribution is -0.217. The van der Waals surface area contributed by atoms with Gasteiger partial charge in [0.25, 0.3) is 0 Å². The van der Waals surface area contributed by atoms with Crippen LogP contribution in [0.4, 0.5) is 0 Å². The molecule has 0 aromatic carbocycles. The van der Waals surface area contributed by atoms with Crippen molar-refractivity contribution in [1.82, 2.24) is 0 Å². The van der Waals surface area contributed by atoms with Crippen LogP contribution in [0.3, 0.4) is 0 Å². The minimum atomic E-state index is -0.896. The predicted octanol–water partition coefficient (Wildman–Crippen LogP) is 5.27. The summed E-state index contributed by atoms with van der Waals surface area (Å²) in [5.41, 5.74) is -1.29. The number of carboxylic acid groups (broad SMARTS) is 2. The summed E-state index contributed by atoms with van der Waals surface area (Å²) < 4.78 is 0. The molecule has 4 fully saturated rings. The summed E-state index contributed by atoms with van der Waals surface area (Å²) in [6, 6.07) is 0. The molecule has 10 atom stereocenters. The van der Waals surface area contributed by atoms with Crippen LogP contribution < -0.4 is 0 Å². The standard InChI is InChI=1S/C30H46O6/c1-25(23(33)34)12-14-30(24(35)36)15-13-28(4)18(19(30)16-25)6-7-21-26(2)10-9-22(32)27(3,17-31)20(26)8-11-29(21,28)5/h6,19-22,31-32H,7-17H2,1-5H3,(H,33,34)(H,35,36)/t19-,20?,21-,22+,25-,26+,27+,28-,29-,30+/m1/s1. The van der Waals surface area contributed by atoms with Crippen LogP contribution in [0.5, 0.6) is 0 Å². The smallest absolute Gasteiger partial charge is 0.310 e. The van der Waals surface area contributed by atoms with Crippen LogP contribution in [0.25, 0.3) is 0 Å². The summed E-state index contributed by atoms with van der Waals surface area (Å²) in [5.74, 6) is -1.20. The van der Waals surface area contributed by atoms with Crippen LogP contribution in [-0.2, 0) is 9.59 Å². The Morgan fingerprint density at radius 1 is 0.889 bits per heavy atom. The van der Waals surface area contributed by atoms with Gasteiger partial charge in [0, 0.05) is 5.41 Å². The minimum Gasteiger partial charge on any atom is -0.481 e. The van der Waals surface area contributed by atoms with Crippen LogP contribution >= 0.6 is 0 Å². The van der Waals surface area contributed by atoms with Gasteiger partial charge in [-0.2, -0.15) is 0 Å². The maximum Gasteiger partial charge on any atom is 0.310 e. The molecule has 5 aliphatic rings. The van der Waals surface area contributed by atoms with Crippen molar-refractivity contribution in [3.63, 3.8) is 0 Å². The third-order valence-electron chi connectivity index (χ3n) is 13.5. The molecule has 0 radical (unpaired) electrons. The SMILES string of the molecule is C[C@@]1(C(=O)O)CC[C@]2(C(=O)O)CC[C@]3(C)C(=CC[C@@H]4[C@@]5(C)CC[C@H](O)[C@@](C)(CO)C5CC[C@]43C)[C@H]2C1. The molecule has 202 valence electrons. The molecule has 1 unspecified atom stereocenters. The number of rotatable bonds is 3. The Balaban J connectivity index is 1.60. The Bertz CT molecular complexity index is 1010. The van der Waals surface area contributed by atoms with Gasteiger partial charge in [-0.15, -0.1) is 0 Å². The topological polar surface area (TPSA) is 115 Å². The van der Waals surface area contributed by atoms with Crippen LogP contribution in [0.2, 0.25) is 0 Å². The third-order valence-corrected chi connectivity index (χ3v) is 13.5. The van der Waals surface area contributed by atoms with Gasteiger partial charge in [-0.05, 0) is 105 Å². The average molecular weight is 503 g/mol. The van der Waals surface area contributed by atoms with Crippen molar-refractivity contribution in [3.8, 4) is 0 Å². The lowest BCUT2D eigenvalue weighted by Gasteiger charge is -2.71.